The van der Waals surface area contributed by atoms with Crippen LogP contribution in [0.2, 0.25) is 0 Å². The van der Waals surface area contributed by atoms with E-state index >= 15 is 0 Å². The number of hydrogen-bond acceptors (Lipinski definition) is 2. The highest BCUT2D eigenvalue weighted by molar-refractivity contribution is 9.10. The molecule has 0 aliphatic rings. The quantitative estimate of drug-likeness (QED) is 0.810. The van der Waals surface area contributed by atoms with Crippen molar-refractivity contribution in [2.75, 3.05) is 7.05 Å². The van der Waals surface area contributed by atoms with Crippen molar-refractivity contribution >= 4 is 26.8 Å². The fraction of sp³-hybridized carbons (Fsp3) is 0.333. The Morgan fingerprint density at radius 2 is 2.19 bits per heavy atom. The number of aromatic nitrogens is 1. The third-order valence-corrected chi connectivity index (χ3v) is 3.42. The van der Waals surface area contributed by atoms with E-state index in [1.165, 1.54) is 0 Å². The molecule has 0 bridgehead atoms. The summed E-state index contributed by atoms with van der Waals surface area (Å²) < 4.78 is 1.02. The zero-order valence-electron chi connectivity index (χ0n) is 9.29. The van der Waals surface area contributed by atoms with Gasteiger partial charge in [-0.15, -0.1) is 0 Å². The van der Waals surface area contributed by atoms with Crippen molar-refractivity contribution in [2.45, 2.75) is 19.1 Å². The van der Waals surface area contributed by atoms with Crippen LogP contribution in [0.5, 0.6) is 0 Å². The van der Waals surface area contributed by atoms with Gasteiger partial charge in [-0.25, -0.2) is 0 Å². The van der Waals surface area contributed by atoms with Crippen LogP contribution in [0.3, 0.4) is 0 Å². The molecule has 0 amide bonds. The summed E-state index contributed by atoms with van der Waals surface area (Å²) in [5.74, 6) is 0. The second-order valence-corrected chi connectivity index (χ2v) is 4.87. The van der Waals surface area contributed by atoms with E-state index in [1.807, 2.05) is 38.4 Å². The van der Waals surface area contributed by atoms with Crippen molar-refractivity contribution in [1.82, 2.24) is 10.3 Å². The average Bonchev–Trinajstić information content (AvgIpc) is 2.69. The van der Waals surface area contributed by atoms with Crippen LogP contribution in [-0.2, 0) is 0 Å². The molecule has 1 aromatic heterocycles. The molecule has 4 heteroatoms. The Morgan fingerprint density at radius 1 is 1.44 bits per heavy atom. The minimum absolute atomic E-state index is 0.0259. The van der Waals surface area contributed by atoms with Gasteiger partial charge in [-0.2, -0.15) is 0 Å². The van der Waals surface area contributed by atoms with E-state index in [4.69, 9.17) is 0 Å². The molecular formula is C12H15BrN2O. The van der Waals surface area contributed by atoms with E-state index in [2.05, 4.69) is 26.2 Å². The van der Waals surface area contributed by atoms with Crippen LogP contribution in [0.4, 0.5) is 0 Å². The lowest BCUT2D eigenvalue weighted by Gasteiger charge is -2.17. The zero-order chi connectivity index (χ0) is 11.7. The summed E-state index contributed by atoms with van der Waals surface area (Å²) in [6.07, 6.45) is 1.36. The molecule has 2 rings (SSSR count). The molecule has 16 heavy (non-hydrogen) atoms. The van der Waals surface area contributed by atoms with Crippen molar-refractivity contribution in [1.29, 1.82) is 0 Å². The van der Waals surface area contributed by atoms with Gasteiger partial charge in [-0.1, -0.05) is 15.9 Å². The van der Waals surface area contributed by atoms with Crippen LogP contribution >= 0.6 is 15.9 Å². The van der Waals surface area contributed by atoms with Crippen LogP contribution in [0.15, 0.2) is 28.9 Å². The fourth-order valence-electron chi connectivity index (χ4n) is 1.79. The maximum absolute atomic E-state index is 10.2. The lowest BCUT2D eigenvalue weighted by Crippen LogP contribution is -2.28. The average molecular weight is 283 g/mol. The highest BCUT2D eigenvalue weighted by Crippen LogP contribution is 2.28. The van der Waals surface area contributed by atoms with Crippen molar-refractivity contribution in [3.8, 4) is 0 Å². The van der Waals surface area contributed by atoms with Crippen LogP contribution in [-0.4, -0.2) is 23.2 Å². The number of aromatic amines is 1. The molecule has 0 radical (unpaired) electrons. The molecule has 2 aromatic rings. The van der Waals surface area contributed by atoms with E-state index in [9.17, 15) is 5.11 Å². The van der Waals surface area contributed by atoms with E-state index in [0.29, 0.717) is 0 Å². The number of hydrogen-bond donors (Lipinski definition) is 3. The van der Waals surface area contributed by atoms with Gasteiger partial charge in [0.05, 0.1) is 6.10 Å². The van der Waals surface area contributed by atoms with E-state index in [0.717, 1.165) is 20.9 Å². The number of nitrogens with one attached hydrogen (secondary N) is 2. The van der Waals surface area contributed by atoms with Gasteiger partial charge in [0.2, 0.25) is 0 Å². The molecule has 1 heterocycles. The monoisotopic (exact) mass is 282 g/mol. The molecule has 3 nitrogen and oxygen atoms in total. The molecule has 0 aliphatic heterocycles. The van der Waals surface area contributed by atoms with Crippen molar-refractivity contribution < 1.29 is 5.11 Å². The first-order chi connectivity index (χ1) is 7.63. The third-order valence-electron chi connectivity index (χ3n) is 2.92. The van der Waals surface area contributed by atoms with Crippen LogP contribution < -0.4 is 5.32 Å². The summed E-state index contributed by atoms with van der Waals surface area (Å²) in [7, 11) is 1.85. The number of likely N-dealkylation sites (N-methyl/N-ethyl adjacent to an activating group) is 1. The molecule has 0 saturated carbocycles. The highest BCUT2D eigenvalue weighted by atomic mass is 79.9. The number of halogens is 1. The smallest absolute Gasteiger partial charge is 0.0960 e. The highest BCUT2D eigenvalue weighted by Gasteiger charge is 2.18. The van der Waals surface area contributed by atoms with Gasteiger partial charge in [0.1, 0.15) is 0 Å². The number of rotatable bonds is 3. The number of aliphatic hydroxyl groups is 1. The summed E-state index contributed by atoms with van der Waals surface area (Å²) in [5, 5.41) is 14.3. The number of H-pyrrole nitrogens is 1. The van der Waals surface area contributed by atoms with Crippen LogP contribution in [0.25, 0.3) is 10.9 Å². The van der Waals surface area contributed by atoms with Gasteiger partial charge in [0, 0.05) is 33.2 Å². The normalized spacial score (nSPS) is 15.2. The minimum Gasteiger partial charge on any atom is -0.387 e. The summed E-state index contributed by atoms with van der Waals surface area (Å²) in [5.41, 5.74) is 1.97. The Labute approximate surface area is 103 Å². The standard InChI is InChI=1S/C12H15BrN2O/c1-7(14-2)12(16)10-6-15-11-4-3-8(13)5-9(10)11/h3-7,12,14-16H,1-2H3. The molecule has 1 aromatic carbocycles. The van der Waals surface area contributed by atoms with Crippen molar-refractivity contribution in [3.63, 3.8) is 0 Å². The first-order valence-corrected chi connectivity index (χ1v) is 6.04. The van der Waals surface area contributed by atoms with Crippen molar-refractivity contribution in [2.24, 2.45) is 0 Å². The number of aliphatic hydroxyl groups excluding tert-OH is 1. The van der Waals surface area contributed by atoms with Gasteiger partial charge < -0.3 is 15.4 Å². The van der Waals surface area contributed by atoms with Crippen LogP contribution in [0.1, 0.15) is 18.6 Å². The fourth-order valence-corrected chi connectivity index (χ4v) is 2.15. The summed E-state index contributed by atoms with van der Waals surface area (Å²) in [6.45, 7) is 1.96. The molecular weight excluding hydrogens is 268 g/mol. The van der Waals surface area contributed by atoms with E-state index in [1.54, 1.807) is 0 Å². The molecule has 0 spiro atoms. The number of benzene rings is 1. The zero-order valence-corrected chi connectivity index (χ0v) is 10.9. The molecule has 2 unspecified atom stereocenters. The number of fused-ring (bicyclic) bond motifs is 1. The van der Waals surface area contributed by atoms with Crippen molar-refractivity contribution in [3.05, 3.63) is 34.4 Å². The Balaban J connectivity index is 2.48. The Morgan fingerprint density at radius 3 is 2.88 bits per heavy atom. The van der Waals surface area contributed by atoms with Gasteiger partial charge in [0.15, 0.2) is 0 Å². The SMILES string of the molecule is CNC(C)C(O)c1c[nH]c2ccc(Br)cc12. The van der Waals surface area contributed by atoms with E-state index < -0.39 is 6.10 Å². The Kier molecular flexibility index (Phi) is 3.33. The lowest BCUT2D eigenvalue weighted by atomic mass is 10.0. The second kappa shape index (κ2) is 4.57. The Hall–Kier alpha value is -0.840. The topological polar surface area (TPSA) is 48.0 Å². The van der Waals surface area contributed by atoms with Gasteiger partial charge in [0.25, 0.3) is 0 Å². The molecule has 3 N–H and O–H groups in total. The van der Waals surface area contributed by atoms with E-state index in [-0.39, 0.29) is 6.04 Å². The third kappa shape index (κ3) is 2.00. The molecule has 2 atom stereocenters. The Bertz CT molecular complexity index is 495. The largest absolute Gasteiger partial charge is 0.387 e. The minimum atomic E-state index is -0.506. The molecule has 0 saturated heterocycles. The maximum Gasteiger partial charge on any atom is 0.0960 e. The summed E-state index contributed by atoms with van der Waals surface area (Å²) >= 11 is 3.44. The first-order valence-electron chi connectivity index (χ1n) is 5.25. The van der Waals surface area contributed by atoms with Crippen LogP contribution in [0, 0.1) is 0 Å². The lowest BCUT2D eigenvalue weighted by molar-refractivity contribution is 0.141. The van der Waals surface area contributed by atoms with Gasteiger partial charge in [-0.3, -0.25) is 0 Å². The molecule has 86 valence electrons. The summed E-state index contributed by atoms with van der Waals surface area (Å²) in [4.78, 5) is 3.17. The van der Waals surface area contributed by atoms with Gasteiger partial charge >= 0.3 is 0 Å². The molecule has 0 aliphatic carbocycles. The predicted molar refractivity (Wildman–Crippen MR) is 69.5 cm³/mol. The molecule has 0 fully saturated rings. The maximum atomic E-state index is 10.2. The first kappa shape index (κ1) is 11.6. The van der Waals surface area contributed by atoms with Gasteiger partial charge in [-0.05, 0) is 32.2 Å². The predicted octanol–water partition coefficient (Wildman–Crippen LogP) is 2.57. The summed E-state index contributed by atoms with van der Waals surface area (Å²) in [6, 6.07) is 6.03. The second-order valence-electron chi connectivity index (χ2n) is 3.96.